The van der Waals surface area contributed by atoms with E-state index in [9.17, 15) is 32.6 Å². The van der Waals surface area contributed by atoms with Gasteiger partial charge < -0.3 is 19.8 Å². The molecule has 1 aromatic heterocycles. The molecule has 204 valence electrons. The van der Waals surface area contributed by atoms with Crippen molar-refractivity contribution >= 4 is 28.6 Å². The maximum absolute atomic E-state index is 13.9. The number of aliphatic hydroxyl groups is 1. The minimum atomic E-state index is -1.72. The normalized spacial score (nSPS) is 19.0. The summed E-state index contributed by atoms with van der Waals surface area (Å²) in [5.74, 6) is -7.00. The first-order chi connectivity index (χ1) is 18.2. The van der Waals surface area contributed by atoms with Crippen LogP contribution in [0, 0.1) is 35.1 Å². The Kier molecular flexibility index (Phi) is 9.11. The number of thioether (sulfide) groups is 1. The number of aromatic nitrogens is 1. The molecule has 1 saturated heterocycles. The van der Waals surface area contributed by atoms with Gasteiger partial charge in [0.2, 0.25) is 0 Å². The number of nitrogens with zero attached hydrogens (tertiary/aromatic N) is 2. The van der Waals surface area contributed by atoms with Gasteiger partial charge in [-0.1, -0.05) is 0 Å². The quantitative estimate of drug-likeness (QED) is 0.150. The Hall–Kier alpha value is -2.89. The first kappa shape index (κ1) is 28.1. The molecule has 1 aliphatic heterocycles. The Morgan fingerprint density at radius 2 is 1.97 bits per heavy atom. The van der Waals surface area contributed by atoms with Gasteiger partial charge in [0, 0.05) is 36.5 Å². The Morgan fingerprint density at radius 1 is 1.18 bits per heavy atom. The Balaban J connectivity index is 1.34. The van der Waals surface area contributed by atoms with Gasteiger partial charge in [-0.15, -0.1) is 11.8 Å². The topological polar surface area (TPSA) is 82.9 Å². The minimum Gasteiger partial charge on any atom is -0.497 e. The molecule has 11 heteroatoms. The summed E-state index contributed by atoms with van der Waals surface area (Å²) in [4.78, 5) is 17.6. The van der Waals surface area contributed by atoms with Crippen LogP contribution in [-0.2, 0) is 4.79 Å². The maximum Gasteiger partial charge on any atom is 0.308 e. The van der Waals surface area contributed by atoms with Crippen LogP contribution < -0.4 is 4.74 Å². The van der Waals surface area contributed by atoms with E-state index in [0.29, 0.717) is 49.7 Å². The number of piperidine rings is 1. The molecule has 0 radical (unpaired) electrons. The van der Waals surface area contributed by atoms with Crippen molar-refractivity contribution in [3.8, 4) is 5.75 Å². The van der Waals surface area contributed by atoms with Crippen molar-refractivity contribution in [3.63, 3.8) is 0 Å². The van der Waals surface area contributed by atoms with E-state index in [1.54, 1.807) is 25.4 Å². The second-order valence-electron chi connectivity index (χ2n) is 9.32. The average Bonchev–Trinajstić information content (AvgIpc) is 2.91. The number of carboxylic acid groups (broad SMARTS) is 1. The van der Waals surface area contributed by atoms with E-state index in [-0.39, 0.29) is 18.2 Å². The molecule has 2 aromatic carbocycles. The third-order valence-electron chi connectivity index (χ3n) is 7.04. The van der Waals surface area contributed by atoms with Crippen LogP contribution in [0.5, 0.6) is 5.75 Å². The number of likely N-dealkylation sites (tertiary alicyclic amines) is 1. The zero-order valence-electron chi connectivity index (χ0n) is 20.7. The highest BCUT2D eigenvalue weighted by Gasteiger charge is 2.34. The van der Waals surface area contributed by atoms with Crippen LogP contribution in [0.1, 0.15) is 30.9 Å². The molecule has 4 rings (SSSR count). The van der Waals surface area contributed by atoms with Gasteiger partial charge in [0.05, 0.1) is 29.5 Å². The number of hydrogen-bond donors (Lipinski definition) is 2. The molecule has 3 aromatic rings. The standard InChI is InChI=1S/C27H28F4N2O4S/c1-37-16-3-4-22-18(12-16)17(6-8-32-22)23(34)5-2-15-7-9-33(14-19(15)27(35)36)10-11-38-26-21(29)13-20(28)24(30)25(26)31/h3-4,6,8,12-13,15,19,23,34H,2,5,7,9-11,14H2,1H3,(H,35,36)/t15-,19+,23+/m1/s1. The molecule has 3 atom stereocenters. The van der Waals surface area contributed by atoms with E-state index in [4.69, 9.17) is 4.74 Å². The van der Waals surface area contributed by atoms with E-state index < -0.39 is 46.2 Å². The van der Waals surface area contributed by atoms with E-state index in [1.165, 1.54) is 0 Å². The largest absolute Gasteiger partial charge is 0.497 e. The van der Waals surface area contributed by atoms with Crippen molar-refractivity contribution < 1.29 is 37.3 Å². The summed E-state index contributed by atoms with van der Waals surface area (Å²) in [7, 11) is 1.56. The number of ether oxygens (including phenoxy) is 1. The number of fused-ring (bicyclic) bond motifs is 1. The van der Waals surface area contributed by atoms with Crippen LogP contribution in [0.3, 0.4) is 0 Å². The lowest BCUT2D eigenvalue weighted by atomic mass is 9.81. The third-order valence-corrected chi connectivity index (χ3v) is 8.09. The van der Waals surface area contributed by atoms with E-state index in [2.05, 4.69) is 4.98 Å². The van der Waals surface area contributed by atoms with Crippen molar-refractivity contribution in [2.24, 2.45) is 11.8 Å². The van der Waals surface area contributed by atoms with Gasteiger partial charge in [0.1, 0.15) is 11.6 Å². The second kappa shape index (κ2) is 12.3. The molecule has 1 aliphatic rings. The Morgan fingerprint density at radius 3 is 2.71 bits per heavy atom. The highest BCUT2D eigenvalue weighted by molar-refractivity contribution is 7.99. The second-order valence-corrected chi connectivity index (χ2v) is 10.4. The van der Waals surface area contributed by atoms with Crippen LogP contribution >= 0.6 is 11.8 Å². The van der Waals surface area contributed by atoms with Crippen molar-refractivity contribution in [2.45, 2.75) is 30.3 Å². The summed E-state index contributed by atoms with van der Waals surface area (Å²) in [6.45, 7) is 1.14. The molecule has 1 fully saturated rings. The number of hydrogen-bond acceptors (Lipinski definition) is 6. The number of pyridine rings is 1. The molecule has 0 unspecified atom stereocenters. The summed E-state index contributed by atoms with van der Waals surface area (Å²) in [5.41, 5.74) is 1.42. The zero-order chi connectivity index (χ0) is 27.4. The molecule has 2 N–H and O–H groups in total. The van der Waals surface area contributed by atoms with Gasteiger partial charge in [-0.3, -0.25) is 9.78 Å². The number of carbonyl (C=O) groups is 1. The Labute approximate surface area is 221 Å². The lowest BCUT2D eigenvalue weighted by molar-refractivity contribution is -0.146. The predicted molar refractivity (Wildman–Crippen MR) is 135 cm³/mol. The first-order valence-electron chi connectivity index (χ1n) is 12.2. The number of benzene rings is 2. The predicted octanol–water partition coefficient (Wildman–Crippen LogP) is 5.43. The van der Waals surface area contributed by atoms with Gasteiger partial charge in [-0.05, 0) is 61.6 Å². The van der Waals surface area contributed by atoms with Gasteiger partial charge in [-0.2, -0.15) is 0 Å². The molecule has 38 heavy (non-hydrogen) atoms. The lowest BCUT2D eigenvalue weighted by Gasteiger charge is -2.37. The van der Waals surface area contributed by atoms with Gasteiger partial charge >= 0.3 is 5.97 Å². The van der Waals surface area contributed by atoms with Crippen molar-refractivity contribution in [2.75, 3.05) is 32.5 Å². The number of aliphatic hydroxyl groups excluding tert-OH is 1. The SMILES string of the molecule is COc1ccc2nccc([C@@H](O)CC[C@@H]3CCN(CCSc4c(F)cc(F)c(F)c4F)C[C@@H]3C(=O)O)c2c1. The average molecular weight is 553 g/mol. The van der Waals surface area contributed by atoms with Crippen molar-refractivity contribution in [1.82, 2.24) is 9.88 Å². The smallest absolute Gasteiger partial charge is 0.308 e. The van der Waals surface area contributed by atoms with Crippen molar-refractivity contribution in [3.05, 3.63) is 65.4 Å². The fourth-order valence-corrected chi connectivity index (χ4v) is 5.91. The molecular weight excluding hydrogens is 524 g/mol. The molecule has 0 spiro atoms. The van der Waals surface area contributed by atoms with E-state index in [1.807, 2.05) is 17.0 Å². The van der Waals surface area contributed by atoms with Crippen LogP contribution in [0.15, 0.2) is 41.4 Å². The summed E-state index contributed by atoms with van der Waals surface area (Å²) in [6.07, 6.45) is 2.27. The van der Waals surface area contributed by atoms with Crippen LogP contribution in [0.2, 0.25) is 0 Å². The van der Waals surface area contributed by atoms with Gasteiger partial charge in [-0.25, -0.2) is 17.6 Å². The number of rotatable bonds is 10. The van der Waals surface area contributed by atoms with Crippen molar-refractivity contribution in [1.29, 1.82) is 0 Å². The summed E-state index contributed by atoms with van der Waals surface area (Å²) in [5, 5.41) is 21.6. The number of halogens is 4. The number of methoxy groups -OCH3 is 1. The number of aliphatic carboxylic acids is 1. The van der Waals surface area contributed by atoms with Crippen LogP contribution in [0.25, 0.3) is 10.9 Å². The van der Waals surface area contributed by atoms with E-state index in [0.717, 1.165) is 22.7 Å². The molecule has 0 amide bonds. The highest BCUT2D eigenvalue weighted by atomic mass is 32.2. The minimum absolute atomic E-state index is 0.158. The molecule has 0 bridgehead atoms. The van der Waals surface area contributed by atoms with E-state index >= 15 is 0 Å². The molecule has 2 heterocycles. The van der Waals surface area contributed by atoms with Crippen LogP contribution in [-0.4, -0.2) is 58.6 Å². The number of carboxylic acids is 1. The summed E-state index contributed by atoms with van der Waals surface area (Å²) < 4.78 is 59.7. The van der Waals surface area contributed by atoms with Crippen LogP contribution in [0.4, 0.5) is 17.6 Å². The molecule has 6 nitrogen and oxygen atoms in total. The first-order valence-corrected chi connectivity index (χ1v) is 13.2. The summed E-state index contributed by atoms with van der Waals surface area (Å²) in [6, 6.07) is 7.48. The van der Waals surface area contributed by atoms with Gasteiger partial charge in [0.25, 0.3) is 0 Å². The zero-order valence-corrected chi connectivity index (χ0v) is 21.5. The molecule has 0 saturated carbocycles. The highest BCUT2D eigenvalue weighted by Crippen LogP contribution is 2.34. The fourth-order valence-electron chi connectivity index (χ4n) is 4.95. The molecular formula is C27H28F4N2O4S. The lowest BCUT2D eigenvalue weighted by Crippen LogP contribution is -2.44. The summed E-state index contributed by atoms with van der Waals surface area (Å²) >= 11 is 0.723. The molecule has 0 aliphatic carbocycles. The maximum atomic E-state index is 13.9. The monoisotopic (exact) mass is 552 g/mol. The third kappa shape index (κ3) is 6.22. The van der Waals surface area contributed by atoms with Gasteiger partial charge in [0.15, 0.2) is 17.5 Å². The fraction of sp³-hybridized carbons (Fsp3) is 0.407. The Bertz CT molecular complexity index is 1310.